The molecule has 0 aromatic carbocycles. The second kappa shape index (κ2) is 6.93. The van der Waals surface area contributed by atoms with Gasteiger partial charge in [0.05, 0.1) is 11.7 Å². The van der Waals surface area contributed by atoms with Gasteiger partial charge in [0.1, 0.15) is 11.0 Å². The largest absolute Gasteiger partial charge is 0.349 e. The molecular formula is C16H21ClIN5. The summed E-state index contributed by atoms with van der Waals surface area (Å²) in [5, 5.41) is 5.44. The Morgan fingerprint density at radius 1 is 1.43 bits per heavy atom. The van der Waals surface area contributed by atoms with Gasteiger partial charge in [-0.3, -0.25) is 4.68 Å². The maximum atomic E-state index is 6.68. The third kappa shape index (κ3) is 3.47. The number of nitrogens with zero attached hydrogens (tertiary/aromatic N) is 5. The summed E-state index contributed by atoms with van der Waals surface area (Å²) in [5.41, 5.74) is 2.18. The van der Waals surface area contributed by atoms with Crippen molar-refractivity contribution in [2.24, 2.45) is 5.92 Å². The van der Waals surface area contributed by atoms with E-state index in [4.69, 9.17) is 11.6 Å². The lowest BCUT2D eigenvalue weighted by Gasteiger charge is -2.26. The van der Waals surface area contributed by atoms with Crippen molar-refractivity contribution >= 4 is 40.0 Å². The summed E-state index contributed by atoms with van der Waals surface area (Å²) < 4.78 is 2.71. The molecule has 0 saturated carbocycles. The van der Waals surface area contributed by atoms with Gasteiger partial charge in [0, 0.05) is 47.4 Å². The first-order chi connectivity index (χ1) is 11.0. The molecule has 2 aromatic rings. The maximum absolute atomic E-state index is 6.68. The third-order valence-electron chi connectivity index (χ3n) is 4.14. The molecule has 0 N–H and O–H groups in total. The molecule has 3 rings (SSSR count). The van der Waals surface area contributed by atoms with Crippen LogP contribution in [0.3, 0.4) is 0 Å². The van der Waals surface area contributed by atoms with Crippen LogP contribution >= 0.6 is 34.2 Å². The van der Waals surface area contributed by atoms with E-state index in [9.17, 15) is 0 Å². The quantitative estimate of drug-likeness (QED) is 0.522. The third-order valence-corrected chi connectivity index (χ3v) is 5.06. The van der Waals surface area contributed by atoms with Gasteiger partial charge in [0.15, 0.2) is 3.83 Å². The highest BCUT2D eigenvalue weighted by atomic mass is 127. The van der Waals surface area contributed by atoms with Crippen LogP contribution in [0.25, 0.3) is 0 Å². The zero-order valence-corrected chi connectivity index (χ0v) is 16.5. The Morgan fingerprint density at radius 2 is 2.22 bits per heavy atom. The van der Waals surface area contributed by atoms with Crippen molar-refractivity contribution in [3.63, 3.8) is 0 Å². The number of hydrogen-bond acceptors (Lipinski definition) is 4. The van der Waals surface area contributed by atoms with Crippen molar-refractivity contribution in [3.05, 3.63) is 32.5 Å². The van der Waals surface area contributed by atoms with E-state index in [0.717, 1.165) is 52.0 Å². The van der Waals surface area contributed by atoms with Crippen LogP contribution in [0, 0.1) is 16.7 Å². The van der Waals surface area contributed by atoms with E-state index >= 15 is 0 Å². The van der Waals surface area contributed by atoms with Crippen molar-refractivity contribution in [1.29, 1.82) is 0 Å². The van der Waals surface area contributed by atoms with Gasteiger partial charge in [-0.05, 0) is 31.7 Å². The molecule has 0 aliphatic carbocycles. The van der Waals surface area contributed by atoms with E-state index in [-0.39, 0.29) is 6.04 Å². The van der Waals surface area contributed by atoms with Crippen LogP contribution in [-0.2, 0) is 6.54 Å². The number of hydrogen-bond donors (Lipinski definition) is 0. The predicted molar refractivity (Wildman–Crippen MR) is 101 cm³/mol. The monoisotopic (exact) mass is 445 g/mol. The summed E-state index contributed by atoms with van der Waals surface area (Å²) in [6, 6.07) is 2.22. The molecule has 3 heterocycles. The molecule has 1 aliphatic rings. The second-order valence-electron chi connectivity index (χ2n) is 6.40. The highest BCUT2D eigenvalue weighted by Crippen LogP contribution is 2.39. The molecule has 5 nitrogen and oxygen atoms in total. The first-order valence-corrected chi connectivity index (χ1v) is 9.41. The molecule has 0 spiro atoms. The van der Waals surface area contributed by atoms with Crippen molar-refractivity contribution in [3.8, 4) is 0 Å². The molecule has 0 bridgehead atoms. The molecule has 2 aromatic heterocycles. The lowest BCUT2D eigenvalue weighted by Crippen LogP contribution is -2.24. The Hall–Kier alpha value is -0.890. The van der Waals surface area contributed by atoms with Crippen LogP contribution < -0.4 is 4.90 Å². The fraction of sp³-hybridized carbons (Fsp3) is 0.562. The van der Waals surface area contributed by atoms with Crippen molar-refractivity contribution in [2.75, 3.05) is 11.4 Å². The topological polar surface area (TPSA) is 46.8 Å². The molecule has 1 saturated heterocycles. The molecule has 7 heteroatoms. The Balaban J connectivity index is 1.96. The van der Waals surface area contributed by atoms with Gasteiger partial charge in [-0.2, -0.15) is 5.10 Å². The number of halogens is 2. The predicted octanol–water partition coefficient (Wildman–Crippen LogP) is 4.24. The molecule has 1 atom stereocenters. The SMILES string of the molecule is Cc1nn(CC(C)C)c(Cl)c1C1CCCN1c1ccnc(I)n1. The summed E-state index contributed by atoms with van der Waals surface area (Å²) >= 11 is 8.83. The van der Waals surface area contributed by atoms with Gasteiger partial charge in [-0.1, -0.05) is 25.4 Å². The van der Waals surface area contributed by atoms with E-state index in [0.29, 0.717) is 5.92 Å². The zero-order valence-electron chi connectivity index (χ0n) is 13.6. The first-order valence-electron chi connectivity index (χ1n) is 7.95. The van der Waals surface area contributed by atoms with E-state index < -0.39 is 0 Å². The van der Waals surface area contributed by atoms with Gasteiger partial charge >= 0.3 is 0 Å². The zero-order chi connectivity index (χ0) is 16.6. The maximum Gasteiger partial charge on any atom is 0.192 e. The number of aromatic nitrogens is 4. The van der Waals surface area contributed by atoms with E-state index in [1.807, 2.05) is 16.9 Å². The Bertz CT molecular complexity index is 700. The van der Waals surface area contributed by atoms with Crippen molar-refractivity contribution in [1.82, 2.24) is 19.7 Å². The minimum absolute atomic E-state index is 0.245. The van der Waals surface area contributed by atoms with Gasteiger partial charge in [0.25, 0.3) is 0 Å². The Morgan fingerprint density at radius 3 is 2.91 bits per heavy atom. The minimum Gasteiger partial charge on any atom is -0.349 e. The smallest absolute Gasteiger partial charge is 0.192 e. The van der Waals surface area contributed by atoms with Crippen molar-refractivity contribution < 1.29 is 0 Å². The average molecular weight is 446 g/mol. The van der Waals surface area contributed by atoms with Gasteiger partial charge < -0.3 is 4.90 Å². The fourth-order valence-electron chi connectivity index (χ4n) is 3.24. The highest BCUT2D eigenvalue weighted by Gasteiger charge is 2.32. The summed E-state index contributed by atoms with van der Waals surface area (Å²) in [4.78, 5) is 11.1. The van der Waals surface area contributed by atoms with Crippen LogP contribution in [0.1, 0.15) is 44.0 Å². The van der Waals surface area contributed by atoms with E-state index in [1.54, 1.807) is 0 Å². The van der Waals surface area contributed by atoms with Crippen LogP contribution in [0.2, 0.25) is 5.15 Å². The second-order valence-corrected chi connectivity index (χ2v) is 7.72. The fourth-order valence-corrected chi connectivity index (χ4v) is 4.02. The number of anilines is 1. The summed E-state index contributed by atoms with van der Waals surface area (Å²) in [6.07, 6.45) is 4.03. The molecule has 0 radical (unpaired) electrons. The highest BCUT2D eigenvalue weighted by molar-refractivity contribution is 14.1. The van der Waals surface area contributed by atoms with Gasteiger partial charge in [-0.15, -0.1) is 0 Å². The lowest BCUT2D eigenvalue weighted by atomic mass is 10.1. The average Bonchev–Trinajstić information content (AvgIpc) is 3.04. The van der Waals surface area contributed by atoms with Crippen LogP contribution in [0.15, 0.2) is 12.3 Å². The van der Waals surface area contributed by atoms with Crippen LogP contribution in [0.4, 0.5) is 5.82 Å². The van der Waals surface area contributed by atoms with Crippen LogP contribution in [0.5, 0.6) is 0 Å². The normalized spacial score (nSPS) is 18.2. The van der Waals surface area contributed by atoms with Crippen LogP contribution in [-0.4, -0.2) is 26.3 Å². The number of aryl methyl sites for hydroxylation is 1. The molecular weight excluding hydrogens is 425 g/mol. The standard InChI is InChI=1S/C16H21ClIN5/c1-10(2)9-23-15(17)14(11(3)21-23)12-5-4-8-22(12)13-6-7-19-16(18)20-13/h6-7,10,12H,4-5,8-9H2,1-3H3. The molecule has 1 fully saturated rings. The minimum atomic E-state index is 0.245. The number of rotatable bonds is 4. The van der Waals surface area contributed by atoms with E-state index in [1.165, 1.54) is 0 Å². The summed E-state index contributed by atoms with van der Waals surface area (Å²) in [7, 11) is 0. The van der Waals surface area contributed by atoms with Gasteiger partial charge in [0.2, 0.25) is 0 Å². The Labute approximate surface area is 155 Å². The van der Waals surface area contributed by atoms with E-state index in [2.05, 4.69) is 63.3 Å². The molecule has 1 unspecified atom stereocenters. The first kappa shape index (κ1) is 17.0. The van der Waals surface area contributed by atoms with Crippen molar-refractivity contribution in [2.45, 2.75) is 46.2 Å². The molecule has 0 amide bonds. The molecule has 23 heavy (non-hydrogen) atoms. The molecule has 1 aliphatic heterocycles. The summed E-state index contributed by atoms with van der Waals surface area (Å²) in [6.45, 7) is 8.24. The molecule has 124 valence electrons. The van der Waals surface area contributed by atoms with Gasteiger partial charge in [-0.25, -0.2) is 9.97 Å². The summed E-state index contributed by atoms with van der Waals surface area (Å²) in [5.74, 6) is 1.49. The lowest BCUT2D eigenvalue weighted by molar-refractivity contribution is 0.481. The Kier molecular flexibility index (Phi) is 5.10.